The normalized spacial score (nSPS) is 19.5. The summed E-state index contributed by atoms with van der Waals surface area (Å²) < 4.78 is 63.5. The van der Waals surface area contributed by atoms with Crippen LogP contribution in [0.4, 0.5) is 17.6 Å². The number of hydrogen-bond donors (Lipinski definition) is 1. The summed E-state index contributed by atoms with van der Waals surface area (Å²) in [5, 5.41) is 11.9. The Morgan fingerprint density at radius 1 is 0.971 bits per heavy atom. The van der Waals surface area contributed by atoms with E-state index in [1.54, 1.807) is 0 Å². The molecular formula is C23H17F4N3O4. The fourth-order valence-electron chi connectivity index (χ4n) is 4.47. The number of hydrogen-bond acceptors (Lipinski definition) is 5. The number of aromatic hydroxyl groups is 1. The van der Waals surface area contributed by atoms with E-state index in [1.165, 1.54) is 33.9 Å². The third-order valence-corrected chi connectivity index (χ3v) is 6.08. The smallest absolute Gasteiger partial charge is 0.277 e. The highest BCUT2D eigenvalue weighted by atomic mass is 19.2. The first-order valence-corrected chi connectivity index (χ1v) is 10.3. The van der Waals surface area contributed by atoms with Gasteiger partial charge in [-0.15, -0.1) is 0 Å². The van der Waals surface area contributed by atoms with E-state index in [0.717, 1.165) is 30.3 Å². The quantitative estimate of drug-likeness (QED) is 0.548. The van der Waals surface area contributed by atoms with Gasteiger partial charge in [-0.05, 0) is 23.8 Å². The Bertz CT molecular complexity index is 1390. The summed E-state index contributed by atoms with van der Waals surface area (Å²) in [5.41, 5.74) is -0.945. The number of halogens is 4. The number of ether oxygens (including phenoxy) is 1. The molecule has 0 aliphatic carbocycles. The molecule has 0 fully saturated rings. The third kappa shape index (κ3) is 3.18. The standard InChI is InChI=1S/C23H17F4N3O4/c1-28-19-5-7-34-18-10-16(27)15(26)9-12(18)20(11-2-3-13(24)14(25)8-11)30(19)29-6-4-17(31)22(32)21(29)23(28)33/h2-4,6,8-10,19-20,32H,5,7H2,1H3/t19-,20+/m0/s1. The molecule has 2 aromatic carbocycles. The minimum absolute atomic E-state index is 0.00285. The molecule has 0 saturated heterocycles. The zero-order valence-electron chi connectivity index (χ0n) is 17.6. The Hall–Kier alpha value is -4.02. The molecule has 0 spiro atoms. The summed E-state index contributed by atoms with van der Waals surface area (Å²) in [4.78, 5) is 26.4. The molecule has 1 N–H and O–H groups in total. The summed E-state index contributed by atoms with van der Waals surface area (Å²) in [6.07, 6.45) is 0.651. The van der Waals surface area contributed by atoms with Crippen molar-refractivity contribution in [1.29, 1.82) is 0 Å². The van der Waals surface area contributed by atoms with Gasteiger partial charge in [0.25, 0.3) is 5.91 Å². The van der Waals surface area contributed by atoms with Crippen LogP contribution in [0, 0.1) is 23.3 Å². The van der Waals surface area contributed by atoms with Crippen molar-refractivity contribution < 1.29 is 32.2 Å². The fourth-order valence-corrected chi connectivity index (χ4v) is 4.47. The van der Waals surface area contributed by atoms with Crippen LogP contribution in [0.5, 0.6) is 11.5 Å². The van der Waals surface area contributed by atoms with Crippen molar-refractivity contribution in [2.45, 2.75) is 18.6 Å². The van der Waals surface area contributed by atoms with E-state index >= 15 is 0 Å². The van der Waals surface area contributed by atoms with E-state index in [9.17, 15) is 32.3 Å². The molecule has 1 amide bonds. The van der Waals surface area contributed by atoms with Crippen LogP contribution in [0.1, 0.15) is 34.1 Å². The van der Waals surface area contributed by atoms with Crippen LogP contribution in [0.3, 0.4) is 0 Å². The van der Waals surface area contributed by atoms with Crippen molar-refractivity contribution in [1.82, 2.24) is 9.58 Å². The number of rotatable bonds is 1. The highest BCUT2D eigenvalue weighted by Gasteiger charge is 2.43. The highest BCUT2D eigenvalue weighted by Crippen LogP contribution is 2.41. The number of carbonyl (C=O) groups is 1. The molecule has 3 heterocycles. The van der Waals surface area contributed by atoms with E-state index in [4.69, 9.17) is 4.74 Å². The van der Waals surface area contributed by atoms with Gasteiger partial charge >= 0.3 is 0 Å². The zero-order valence-corrected chi connectivity index (χ0v) is 17.6. The summed E-state index contributed by atoms with van der Waals surface area (Å²) >= 11 is 0. The van der Waals surface area contributed by atoms with Crippen LogP contribution in [-0.2, 0) is 0 Å². The molecule has 34 heavy (non-hydrogen) atoms. The first kappa shape index (κ1) is 21.8. The SMILES string of the molecule is CN1C(=O)c2c(O)c(=O)ccn2N2[C@H](c3ccc(F)c(F)c3)c3cc(F)c(F)cc3OCC[C@@H]12. The Labute approximate surface area is 190 Å². The Morgan fingerprint density at radius 2 is 1.68 bits per heavy atom. The van der Waals surface area contributed by atoms with Gasteiger partial charge in [0, 0.05) is 37.4 Å². The highest BCUT2D eigenvalue weighted by molar-refractivity contribution is 5.96. The Balaban J connectivity index is 1.86. The lowest BCUT2D eigenvalue weighted by atomic mass is 9.94. The van der Waals surface area contributed by atoms with Crippen LogP contribution in [0.2, 0.25) is 0 Å². The van der Waals surface area contributed by atoms with Gasteiger partial charge in [0.2, 0.25) is 5.43 Å². The van der Waals surface area contributed by atoms with Gasteiger partial charge in [-0.1, -0.05) is 6.07 Å². The van der Waals surface area contributed by atoms with Crippen LogP contribution in [0.25, 0.3) is 0 Å². The predicted octanol–water partition coefficient (Wildman–Crippen LogP) is 3.03. The molecule has 5 rings (SSSR count). The van der Waals surface area contributed by atoms with Crippen molar-refractivity contribution >= 4 is 5.91 Å². The largest absolute Gasteiger partial charge is 0.502 e. The first-order chi connectivity index (χ1) is 16.2. The topological polar surface area (TPSA) is 75.0 Å². The number of nitrogens with zero attached hydrogens (tertiary/aromatic N) is 3. The van der Waals surface area contributed by atoms with Crippen molar-refractivity contribution in [3.8, 4) is 11.5 Å². The second-order valence-corrected chi connectivity index (χ2v) is 8.02. The number of carbonyl (C=O) groups excluding carboxylic acids is 1. The van der Waals surface area contributed by atoms with Gasteiger partial charge in [0.15, 0.2) is 34.7 Å². The average Bonchev–Trinajstić information content (AvgIpc) is 2.79. The average molecular weight is 475 g/mol. The number of benzene rings is 2. The summed E-state index contributed by atoms with van der Waals surface area (Å²) in [7, 11) is 1.44. The Kier molecular flexibility index (Phi) is 4.99. The zero-order chi connectivity index (χ0) is 24.3. The maximum atomic E-state index is 14.4. The van der Waals surface area contributed by atoms with Gasteiger partial charge in [-0.25, -0.2) is 17.6 Å². The monoisotopic (exact) mass is 475 g/mol. The molecule has 176 valence electrons. The van der Waals surface area contributed by atoms with Crippen LogP contribution in [0.15, 0.2) is 47.4 Å². The molecule has 0 unspecified atom stereocenters. The molecule has 0 saturated carbocycles. The van der Waals surface area contributed by atoms with E-state index in [2.05, 4.69) is 0 Å². The number of pyridine rings is 1. The second kappa shape index (κ2) is 7.79. The molecule has 3 aromatic rings. The molecule has 2 atom stereocenters. The molecule has 2 aliphatic rings. The van der Waals surface area contributed by atoms with Crippen molar-refractivity contribution in [3.05, 3.63) is 92.9 Å². The van der Waals surface area contributed by atoms with E-state index in [-0.39, 0.29) is 35.6 Å². The lowest BCUT2D eigenvalue weighted by Crippen LogP contribution is -2.62. The van der Waals surface area contributed by atoms with Crippen LogP contribution in [-0.4, -0.2) is 40.4 Å². The maximum absolute atomic E-state index is 14.4. The summed E-state index contributed by atoms with van der Waals surface area (Å²) in [6, 6.07) is 4.71. The van der Waals surface area contributed by atoms with E-state index in [1.807, 2.05) is 0 Å². The van der Waals surface area contributed by atoms with Gasteiger partial charge in [-0.3, -0.25) is 19.3 Å². The van der Waals surface area contributed by atoms with Crippen molar-refractivity contribution in [2.24, 2.45) is 0 Å². The third-order valence-electron chi connectivity index (χ3n) is 6.08. The first-order valence-electron chi connectivity index (χ1n) is 10.3. The number of fused-ring (bicyclic) bond motifs is 4. The predicted molar refractivity (Wildman–Crippen MR) is 111 cm³/mol. The fraction of sp³-hybridized carbons (Fsp3) is 0.217. The molecule has 2 aliphatic heterocycles. The van der Waals surface area contributed by atoms with Gasteiger partial charge in [0.05, 0.1) is 6.61 Å². The van der Waals surface area contributed by atoms with E-state index in [0.29, 0.717) is 0 Å². The van der Waals surface area contributed by atoms with Crippen LogP contribution >= 0.6 is 0 Å². The summed E-state index contributed by atoms with van der Waals surface area (Å²) in [5.74, 6) is -6.13. The molecule has 0 bridgehead atoms. The minimum atomic E-state index is -1.20. The molecule has 1 aromatic heterocycles. The van der Waals surface area contributed by atoms with Gasteiger partial charge in [-0.2, -0.15) is 0 Å². The van der Waals surface area contributed by atoms with Crippen molar-refractivity contribution in [2.75, 3.05) is 18.7 Å². The van der Waals surface area contributed by atoms with Gasteiger partial charge < -0.3 is 14.7 Å². The minimum Gasteiger partial charge on any atom is -0.502 e. The lowest BCUT2D eigenvalue weighted by Gasteiger charge is -2.49. The molecular weight excluding hydrogens is 458 g/mol. The second-order valence-electron chi connectivity index (χ2n) is 8.02. The molecule has 7 nitrogen and oxygen atoms in total. The lowest BCUT2D eigenvalue weighted by molar-refractivity contribution is 0.0573. The molecule has 0 radical (unpaired) electrons. The number of aromatic nitrogens is 1. The molecule has 11 heteroatoms. The van der Waals surface area contributed by atoms with Gasteiger partial charge in [0.1, 0.15) is 18.0 Å². The Morgan fingerprint density at radius 3 is 2.41 bits per heavy atom. The van der Waals surface area contributed by atoms with Crippen LogP contribution < -0.4 is 15.2 Å². The maximum Gasteiger partial charge on any atom is 0.277 e. The van der Waals surface area contributed by atoms with E-state index < -0.39 is 52.6 Å². The summed E-state index contributed by atoms with van der Waals surface area (Å²) in [6.45, 7) is 0.00285. The van der Waals surface area contributed by atoms with Crippen molar-refractivity contribution in [3.63, 3.8) is 0 Å². The number of amides is 1.